The lowest BCUT2D eigenvalue weighted by molar-refractivity contribution is -0.117. The highest BCUT2D eigenvalue weighted by atomic mass is 16.5. The Morgan fingerprint density at radius 1 is 0.966 bits per heavy atom. The van der Waals surface area contributed by atoms with Crippen molar-refractivity contribution in [1.82, 2.24) is 10.6 Å². The molecule has 2 aromatic carbocycles. The molecule has 2 amide bonds. The van der Waals surface area contributed by atoms with E-state index in [2.05, 4.69) is 10.6 Å². The Bertz CT molecular complexity index is 875. The highest BCUT2D eigenvalue weighted by molar-refractivity contribution is 6.05. The second-order valence-corrected chi connectivity index (χ2v) is 5.89. The molecule has 2 N–H and O–H groups in total. The fourth-order valence-corrected chi connectivity index (χ4v) is 2.55. The normalized spacial score (nSPS) is 10.8. The third-order valence-corrected chi connectivity index (χ3v) is 3.95. The number of hydrogen-bond donors (Lipinski definition) is 2. The second kappa shape index (κ2) is 10.8. The molecule has 0 aliphatic heterocycles. The van der Waals surface area contributed by atoms with Gasteiger partial charge in [-0.3, -0.25) is 9.59 Å². The van der Waals surface area contributed by atoms with Gasteiger partial charge in [-0.1, -0.05) is 6.07 Å². The van der Waals surface area contributed by atoms with E-state index in [4.69, 9.17) is 14.2 Å². The summed E-state index contributed by atoms with van der Waals surface area (Å²) in [6.07, 6.45) is 1.58. The summed E-state index contributed by atoms with van der Waals surface area (Å²) < 4.78 is 16.3. The number of amides is 2. The van der Waals surface area contributed by atoms with Gasteiger partial charge in [0.25, 0.3) is 11.8 Å². The quantitative estimate of drug-likeness (QED) is 0.634. The van der Waals surface area contributed by atoms with Crippen molar-refractivity contribution >= 4 is 17.9 Å². The minimum atomic E-state index is -0.418. The van der Waals surface area contributed by atoms with Crippen LogP contribution in [0.3, 0.4) is 0 Å². The summed E-state index contributed by atoms with van der Waals surface area (Å²) in [5.41, 5.74) is 1.20. The van der Waals surface area contributed by atoms with Crippen LogP contribution in [0, 0.1) is 0 Å². The Morgan fingerprint density at radius 3 is 2.21 bits per heavy atom. The van der Waals surface area contributed by atoms with E-state index in [0.29, 0.717) is 41.6 Å². The molecule has 0 fully saturated rings. The monoisotopic (exact) mass is 398 g/mol. The van der Waals surface area contributed by atoms with Crippen LogP contribution in [0.15, 0.2) is 48.2 Å². The van der Waals surface area contributed by atoms with E-state index in [1.54, 1.807) is 55.7 Å². The maximum atomic E-state index is 12.6. The number of benzene rings is 2. The fraction of sp³-hybridized carbons (Fsp3) is 0.273. The highest BCUT2D eigenvalue weighted by Crippen LogP contribution is 2.29. The molecule has 0 saturated carbocycles. The molecule has 0 unspecified atom stereocenters. The Kier molecular flexibility index (Phi) is 8.09. The van der Waals surface area contributed by atoms with Crippen LogP contribution in [0.25, 0.3) is 6.08 Å². The van der Waals surface area contributed by atoms with Crippen LogP contribution in [0.2, 0.25) is 0 Å². The zero-order valence-electron chi connectivity index (χ0n) is 17.1. The minimum Gasteiger partial charge on any atom is -0.497 e. The second-order valence-electron chi connectivity index (χ2n) is 5.89. The lowest BCUT2D eigenvalue weighted by Gasteiger charge is -2.13. The van der Waals surface area contributed by atoms with Gasteiger partial charge in [0.2, 0.25) is 0 Å². The van der Waals surface area contributed by atoms with E-state index < -0.39 is 11.8 Å². The van der Waals surface area contributed by atoms with Crippen LogP contribution in [-0.2, 0) is 4.79 Å². The van der Waals surface area contributed by atoms with Crippen LogP contribution >= 0.6 is 0 Å². The van der Waals surface area contributed by atoms with Gasteiger partial charge in [0.1, 0.15) is 11.4 Å². The third-order valence-electron chi connectivity index (χ3n) is 3.95. The molecule has 29 heavy (non-hydrogen) atoms. The van der Waals surface area contributed by atoms with E-state index in [1.165, 1.54) is 7.05 Å². The maximum absolute atomic E-state index is 12.6. The molecular weight excluding hydrogens is 372 g/mol. The zero-order valence-corrected chi connectivity index (χ0v) is 17.1. The van der Waals surface area contributed by atoms with Crippen LogP contribution in [0.5, 0.6) is 17.2 Å². The molecule has 7 heteroatoms. The molecule has 0 atom stereocenters. The standard InChI is InChI=1S/C22H26N2O5/c1-5-28-19-12-7-15(14-20(19)29-6-2)13-18(22(26)23-3)24-21(25)16-8-10-17(27-4)11-9-16/h7-14H,5-6H2,1-4H3,(H,23,26)(H,24,25)/b18-13-. The van der Waals surface area contributed by atoms with Gasteiger partial charge in [-0.05, 0) is 61.9 Å². The number of likely N-dealkylation sites (N-methyl/N-ethyl adjacent to an activating group) is 1. The summed E-state index contributed by atoms with van der Waals surface area (Å²) in [4.78, 5) is 24.9. The van der Waals surface area contributed by atoms with Crippen molar-refractivity contribution in [2.24, 2.45) is 0 Å². The van der Waals surface area contributed by atoms with Crippen LogP contribution < -0.4 is 24.8 Å². The first kappa shape index (κ1) is 21.8. The summed E-state index contributed by atoms with van der Waals surface area (Å²) in [6.45, 7) is 4.76. The average molecular weight is 398 g/mol. The largest absolute Gasteiger partial charge is 0.497 e. The first-order chi connectivity index (χ1) is 14.0. The number of rotatable bonds is 9. The SMILES string of the molecule is CCOc1ccc(/C=C(\NC(=O)c2ccc(OC)cc2)C(=O)NC)cc1OCC. The van der Waals surface area contributed by atoms with Gasteiger partial charge in [-0.25, -0.2) is 0 Å². The summed E-state index contributed by atoms with van der Waals surface area (Å²) in [5.74, 6) is 1.01. The van der Waals surface area contributed by atoms with E-state index >= 15 is 0 Å². The predicted molar refractivity (Wildman–Crippen MR) is 111 cm³/mol. The molecule has 0 bridgehead atoms. The topological polar surface area (TPSA) is 85.9 Å². The van der Waals surface area contributed by atoms with Crippen LogP contribution in [0.1, 0.15) is 29.8 Å². The predicted octanol–water partition coefficient (Wildman–Crippen LogP) is 3.01. The van der Waals surface area contributed by atoms with Gasteiger partial charge in [0.05, 0.1) is 20.3 Å². The summed E-state index contributed by atoms with van der Waals surface area (Å²) in [7, 11) is 3.05. The molecule has 0 radical (unpaired) electrons. The van der Waals surface area contributed by atoms with Gasteiger partial charge in [-0.2, -0.15) is 0 Å². The average Bonchev–Trinajstić information content (AvgIpc) is 2.74. The maximum Gasteiger partial charge on any atom is 0.267 e. The molecule has 0 aliphatic carbocycles. The molecular formula is C22H26N2O5. The van der Waals surface area contributed by atoms with Crippen LogP contribution in [-0.4, -0.2) is 39.2 Å². The lowest BCUT2D eigenvalue weighted by atomic mass is 10.1. The molecule has 0 aromatic heterocycles. The van der Waals surface area contributed by atoms with Gasteiger partial charge < -0.3 is 24.8 Å². The molecule has 0 aliphatic rings. The van der Waals surface area contributed by atoms with Crippen molar-refractivity contribution in [2.75, 3.05) is 27.4 Å². The summed E-state index contributed by atoms with van der Waals surface area (Å²) in [5, 5.41) is 5.19. The first-order valence-electron chi connectivity index (χ1n) is 9.31. The smallest absolute Gasteiger partial charge is 0.267 e. The van der Waals surface area contributed by atoms with Gasteiger partial charge in [0.15, 0.2) is 11.5 Å². The van der Waals surface area contributed by atoms with E-state index in [0.717, 1.165) is 0 Å². The number of nitrogens with one attached hydrogen (secondary N) is 2. The molecule has 7 nitrogen and oxygen atoms in total. The zero-order chi connectivity index (χ0) is 21.2. The van der Waals surface area contributed by atoms with Crippen molar-refractivity contribution in [1.29, 1.82) is 0 Å². The van der Waals surface area contributed by atoms with E-state index in [-0.39, 0.29) is 5.70 Å². The number of hydrogen-bond acceptors (Lipinski definition) is 5. The van der Waals surface area contributed by atoms with Crippen molar-refractivity contribution < 1.29 is 23.8 Å². The Morgan fingerprint density at radius 2 is 1.62 bits per heavy atom. The number of methoxy groups -OCH3 is 1. The van der Waals surface area contributed by atoms with Gasteiger partial charge >= 0.3 is 0 Å². The first-order valence-corrected chi connectivity index (χ1v) is 9.31. The molecule has 2 aromatic rings. The summed E-state index contributed by atoms with van der Waals surface area (Å²) >= 11 is 0. The molecule has 0 saturated heterocycles. The fourth-order valence-electron chi connectivity index (χ4n) is 2.55. The van der Waals surface area contributed by atoms with Crippen molar-refractivity contribution in [3.8, 4) is 17.2 Å². The lowest BCUT2D eigenvalue weighted by Crippen LogP contribution is -2.33. The Hall–Kier alpha value is -3.48. The third kappa shape index (κ3) is 6.00. The number of carbonyl (C=O) groups excluding carboxylic acids is 2. The molecule has 2 rings (SSSR count). The minimum absolute atomic E-state index is 0.111. The van der Waals surface area contributed by atoms with Crippen molar-refractivity contribution in [3.63, 3.8) is 0 Å². The van der Waals surface area contributed by atoms with Gasteiger partial charge in [0, 0.05) is 12.6 Å². The Balaban J connectivity index is 2.31. The highest BCUT2D eigenvalue weighted by Gasteiger charge is 2.14. The van der Waals surface area contributed by atoms with Crippen molar-refractivity contribution in [3.05, 3.63) is 59.3 Å². The van der Waals surface area contributed by atoms with E-state index in [1.807, 2.05) is 13.8 Å². The molecule has 0 spiro atoms. The van der Waals surface area contributed by atoms with E-state index in [9.17, 15) is 9.59 Å². The number of carbonyl (C=O) groups is 2. The van der Waals surface area contributed by atoms with Crippen molar-refractivity contribution in [2.45, 2.75) is 13.8 Å². The van der Waals surface area contributed by atoms with Gasteiger partial charge in [-0.15, -0.1) is 0 Å². The molecule has 154 valence electrons. The Labute approximate surface area is 170 Å². The summed E-state index contributed by atoms with van der Waals surface area (Å²) in [6, 6.07) is 11.9. The molecule has 0 heterocycles. The number of ether oxygens (including phenoxy) is 3. The van der Waals surface area contributed by atoms with Crippen LogP contribution in [0.4, 0.5) is 0 Å².